The van der Waals surface area contributed by atoms with E-state index >= 15 is 0 Å². The number of benzene rings is 1. The molecule has 2 fully saturated rings. The maximum atomic E-state index is 10.6. The molecule has 3 aliphatic heterocycles. The number of aliphatic hydroxyl groups is 2. The molecule has 5 rings (SSSR count). The lowest BCUT2D eigenvalue weighted by Gasteiger charge is -2.47. The van der Waals surface area contributed by atoms with Gasteiger partial charge in [-0.1, -0.05) is 0 Å². The maximum Gasteiger partial charge on any atom is 0.231 e. The van der Waals surface area contributed by atoms with Crippen LogP contribution in [0, 0.1) is 5.92 Å². The van der Waals surface area contributed by atoms with Gasteiger partial charge in [-0.25, -0.2) is 0 Å². The molecular formula is C16H19NO4. The van der Waals surface area contributed by atoms with Crippen molar-refractivity contribution >= 4 is 0 Å². The normalized spacial score (nSPS) is 40.0. The minimum Gasteiger partial charge on any atom is -0.454 e. The summed E-state index contributed by atoms with van der Waals surface area (Å²) < 4.78 is 11.0. The molecule has 3 heterocycles. The lowest BCUT2D eigenvalue weighted by Crippen LogP contribution is -2.53. The summed E-state index contributed by atoms with van der Waals surface area (Å²) in [6.45, 7) is 2.23. The first-order chi connectivity index (χ1) is 10.2. The molecule has 1 saturated carbocycles. The van der Waals surface area contributed by atoms with Crippen molar-refractivity contribution in [3.63, 3.8) is 0 Å². The summed E-state index contributed by atoms with van der Waals surface area (Å²) in [5.41, 5.74) is 2.34. The van der Waals surface area contributed by atoms with Gasteiger partial charge in [0, 0.05) is 18.5 Å². The zero-order valence-electron chi connectivity index (χ0n) is 11.7. The van der Waals surface area contributed by atoms with Gasteiger partial charge in [0.2, 0.25) is 6.79 Å². The molecule has 0 amide bonds. The van der Waals surface area contributed by atoms with Crippen molar-refractivity contribution < 1.29 is 19.7 Å². The predicted molar refractivity (Wildman–Crippen MR) is 74.2 cm³/mol. The van der Waals surface area contributed by atoms with E-state index in [0.717, 1.165) is 43.0 Å². The monoisotopic (exact) mass is 289 g/mol. The summed E-state index contributed by atoms with van der Waals surface area (Å²) in [6.07, 6.45) is 0.531. The minimum absolute atomic E-state index is 0.0144. The molecule has 1 saturated heterocycles. The van der Waals surface area contributed by atoms with Crippen molar-refractivity contribution in [2.24, 2.45) is 5.92 Å². The average Bonchev–Trinajstić information content (AvgIpc) is 3.08. The van der Waals surface area contributed by atoms with E-state index in [2.05, 4.69) is 11.0 Å². The van der Waals surface area contributed by atoms with E-state index in [1.165, 1.54) is 5.56 Å². The maximum absolute atomic E-state index is 10.6. The van der Waals surface area contributed by atoms with Gasteiger partial charge in [0.1, 0.15) is 0 Å². The molecule has 1 aliphatic carbocycles. The lowest BCUT2D eigenvalue weighted by molar-refractivity contribution is -0.0657. The van der Waals surface area contributed by atoms with Crippen LogP contribution in [-0.4, -0.2) is 46.7 Å². The molecule has 1 aromatic rings. The molecule has 0 unspecified atom stereocenters. The van der Waals surface area contributed by atoms with Crippen LogP contribution >= 0.6 is 0 Å². The summed E-state index contributed by atoms with van der Waals surface area (Å²) in [7, 11) is 0. The van der Waals surface area contributed by atoms with Crippen LogP contribution in [-0.2, 0) is 6.54 Å². The van der Waals surface area contributed by atoms with E-state index in [9.17, 15) is 10.2 Å². The fraction of sp³-hybridized carbons (Fsp3) is 0.625. The van der Waals surface area contributed by atoms with Crippen molar-refractivity contribution in [3.05, 3.63) is 23.3 Å². The second kappa shape index (κ2) is 4.12. The summed E-state index contributed by atoms with van der Waals surface area (Å²) >= 11 is 0. The van der Waals surface area contributed by atoms with Gasteiger partial charge in [-0.15, -0.1) is 0 Å². The largest absolute Gasteiger partial charge is 0.454 e. The topological polar surface area (TPSA) is 62.2 Å². The summed E-state index contributed by atoms with van der Waals surface area (Å²) in [5, 5.41) is 20.8. The lowest BCUT2D eigenvalue weighted by atomic mass is 9.68. The van der Waals surface area contributed by atoms with E-state index < -0.39 is 12.2 Å². The van der Waals surface area contributed by atoms with Gasteiger partial charge >= 0.3 is 0 Å². The molecule has 5 heteroatoms. The molecule has 0 aromatic heterocycles. The fourth-order valence-electron chi connectivity index (χ4n) is 4.84. The third-order valence-electron chi connectivity index (χ3n) is 5.73. The fourth-order valence-corrected chi connectivity index (χ4v) is 4.84. The van der Waals surface area contributed by atoms with Gasteiger partial charge in [0.05, 0.1) is 12.2 Å². The number of rotatable bonds is 0. The molecule has 0 radical (unpaired) electrons. The SMILES string of the molecule is O[C@@H]1[C@H]2c3cc4c(cc3CN3CC[C@@H](C[C@H]1O)[C@@H]23)OCO4. The average molecular weight is 289 g/mol. The van der Waals surface area contributed by atoms with E-state index in [4.69, 9.17) is 9.47 Å². The van der Waals surface area contributed by atoms with Crippen molar-refractivity contribution in [2.45, 2.75) is 43.6 Å². The Bertz CT molecular complexity index is 604. The molecule has 0 bridgehead atoms. The quantitative estimate of drug-likeness (QED) is 0.741. The first kappa shape index (κ1) is 12.3. The van der Waals surface area contributed by atoms with Crippen molar-refractivity contribution in [3.8, 4) is 11.5 Å². The van der Waals surface area contributed by atoms with Gasteiger partial charge in [0.15, 0.2) is 11.5 Å². The Labute approximate surface area is 123 Å². The smallest absolute Gasteiger partial charge is 0.231 e. The number of ether oxygens (including phenoxy) is 2. The van der Waals surface area contributed by atoms with Crippen LogP contribution in [0.2, 0.25) is 0 Å². The molecular weight excluding hydrogens is 270 g/mol. The zero-order valence-corrected chi connectivity index (χ0v) is 11.7. The van der Waals surface area contributed by atoms with Gasteiger partial charge < -0.3 is 19.7 Å². The van der Waals surface area contributed by atoms with Crippen LogP contribution in [0.25, 0.3) is 0 Å². The van der Waals surface area contributed by atoms with Crippen molar-refractivity contribution in [2.75, 3.05) is 13.3 Å². The molecule has 4 aliphatic rings. The number of aliphatic hydroxyl groups excluding tert-OH is 2. The van der Waals surface area contributed by atoms with Crippen molar-refractivity contribution in [1.29, 1.82) is 0 Å². The van der Waals surface area contributed by atoms with Crippen LogP contribution in [0.3, 0.4) is 0 Å². The van der Waals surface area contributed by atoms with Gasteiger partial charge in [-0.2, -0.15) is 0 Å². The highest BCUT2D eigenvalue weighted by Gasteiger charge is 2.52. The number of hydrogen-bond donors (Lipinski definition) is 2. The Morgan fingerprint density at radius 3 is 2.81 bits per heavy atom. The van der Waals surface area contributed by atoms with Gasteiger partial charge in [-0.3, -0.25) is 4.90 Å². The third-order valence-corrected chi connectivity index (χ3v) is 5.73. The summed E-state index contributed by atoms with van der Waals surface area (Å²) in [5.74, 6) is 2.05. The molecule has 1 aromatic carbocycles. The van der Waals surface area contributed by atoms with Crippen LogP contribution < -0.4 is 9.47 Å². The molecule has 2 N–H and O–H groups in total. The predicted octanol–water partition coefficient (Wildman–Crippen LogP) is 0.828. The minimum atomic E-state index is -0.689. The second-order valence-corrected chi connectivity index (χ2v) is 6.73. The summed E-state index contributed by atoms with van der Waals surface area (Å²) in [4.78, 5) is 2.47. The van der Waals surface area contributed by atoms with Crippen LogP contribution in [0.15, 0.2) is 12.1 Å². The Morgan fingerprint density at radius 2 is 1.95 bits per heavy atom. The Kier molecular flexibility index (Phi) is 2.41. The van der Waals surface area contributed by atoms with Gasteiger partial charge in [-0.05, 0) is 48.6 Å². The van der Waals surface area contributed by atoms with Gasteiger partial charge in [0.25, 0.3) is 0 Å². The zero-order chi connectivity index (χ0) is 14.1. The Balaban J connectivity index is 1.66. The second-order valence-electron chi connectivity index (χ2n) is 6.73. The summed E-state index contributed by atoms with van der Waals surface area (Å²) in [6, 6.07) is 4.43. The van der Waals surface area contributed by atoms with Crippen LogP contribution in [0.5, 0.6) is 11.5 Å². The van der Waals surface area contributed by atoms with Crippen LogP contribution in [0.1, 0.15) is 29.9 Å². The molecule has 21 heavy (non-hydrogen) atoms. The number of nitrogens with zero attached hydrogens (tertiary/aromatic N) is 1. The Hall–Kier alpha value is -1.30. The van der Waals surface area contributed by atoms with Crippen LogP contribution in [0.4, 0.5) is 0 Å². The van der Waals surface area contributed by atoms with E-state index in [0.29, 0.717) is 12.0 Å². The number of hydrogen-bond acceptors (Lipinski definition) is 5. The Morgan fingerprint density at radius 1 is 1.14 bits per heavy atom. The third kappa shape index (κ3) is 1.57. The molecule has 0 spiro atoms. The van der Waals surface area contributed by atoms with E-state index in [-0.39, 0.29) is 12.7 Å². The highest BCUT2D eigenvalue weighted by molar-refractivity contribution is 5.52. The highest BCUT2D eigenvalue weighted by Crippen LogP contribution is 2.51. The van der Waals surface area contributed by atoms with Crippen molar-refractivity contribution in [1.82, 2.24) is 4.90 Å². The van der Waals surface area contributed by atoms with E-state index in [1.54, 1.807) is 0 Å². The standard InChI is InChI=1S/C16H19NO4/c18-11-3-8-1-2-17-6-9-4-12-13(21-7-20-12)5-10(9)14(15(8)17)16(11)19/h4-5,8,11,14-16,18-19H,1-3,6-7H2/t8-,11+,14-,15-,16-/m0/s1. The molecule has 5 atom stereocenters. The number of fused-ring (bicyclic) bond motifs is 3. The first-order valence-corrected chi connectivity index (χ1v) is 7.75. The highest BCUT2D eigenvalue weighted by atomic mass is 16.7. The molecule has 112 valence electrons. The first-order valence-electron chi connectivity index (χ1n) is 7.75. The van der Waals surface area contributed by atoms with E-state index in [1.807, 2.05) is 6.07 Å². The molecule has 5 nitrogen and oxygen atoms in total.